The van der Waals surface area contributed by atoms with E-state index in [2.05, 4.69) is 19.9 Å². The van der Waals surface area contributed by atoms with E-state index in [9.17, 15) is 13.2 Å². The molecular formula is C25H26N4O4S2. The fourth-order valence-electron chi connectivity index (χ4n) is 4.63. The Balaban J connectivity index is 1.29. The summed E-state index contributed by atoms with van der Waals surface area (Å²) in [5.74, 6) is 0.475. The number of para-hydroxylation sites is 1. The lowest BCUT2D eigenvalue weighted by Crippen LogP contribution is -2.40. The molecule has 10 heteroatoms. The van der Waals surface area contributed by atoms with Crippen molar-refractivity contribution < 1.29 is 13.2 Å². The predicted octanol–water partition coefficient (Wildman–Crippen LogP) is 4.27. The number of sulfonamides is 1. The van der Waals surface area contributed by atoms with Gasteiger partial charge in [-0.2, -0.15) is 5.10 Å². The summed E-state index contributed by atoms with van der Waals surface area (Å²) < 4.78 is 35.0. The van der Waals surface area contributed by atoms with E-state index in [0.717, 1.165) is 52.8 Å². The fourth-order valence-corrected chi connectivity index (χ4v) is 6.74. The quantitative estimate of drug-likeness (QED) is 0.384. The topological polar surface area (TPSA) is 114 Å². The van der Waals surface area contributed by atoms with Gasteiger partial charge in [0.05, 0.1) is 10.4 Å². The second kappa shape index (κ2) is 9.88. The summed E-state index contributed by atoms with van der Waals surface area (Å²) in [4.78, 5) is 16.1. The third-order valence-corrected chi connectivity index (χ3v) is 8.69. The van der Waals surface area contributed by atoms with Crippen molar-refractivity contribution in [3.63, 3.8) is 0 Å². The molecule has 1 aliphatic rings. The number of aromatic amines is 1. The number of hydrogen-bond donors (Lipinski definition) is 2. The zero-order valence-electron chi connectivity index (χ0n) is 19.2. The van der Waals surface area contributed by atoms with Crippen LogP contribution in [-0.4, -0.2) is 29.6 Å². The Hall–Kier alpha value is -3.08. The van der Waals surface area contributed by atoms with Gasteiger partial charge in [0.2, 0.25) is 10.0 Å². The Bertz CT molecular complexity index is 1500. The second-order valence-electron chi connectivity index (χ2n) is 8.77. The van der Waals surface area contributed by atoms with Gasteiger partial charge in [0, 0.05) is 28.6 Å². The Kier molecular flexibility index (Phi) is 6.68. The number of hydrogen-bond acceptors (Lipinski definition) is 7. The lowest BCUT2D eigenvalue weighted by Gasteiger charge is -2.30. The molecular weight excluding hydrogens is 484 g/mol. The molecule has 2 unspecified atom stereocenters. The third-order valence-electron chi connectivity index (χ3n) is 6.30. The molecule has 0 radical (unpaired) electrons. The zero-order chi connectivity index (χ0) is 24.4. The molecule has 0 spiro atoms. The minimum atomic E-state index is -3.74. The van der Waals surface area contributed by atoms with Gasteiger partial charge in [0.15, 0.2) is 0 Å². The monoisotopic (exact) mass is 510 g/mol. The van der Waals surface area contributed by atoms with E-state index < -0.39 is 10.0 Å². The van der Waals surface area contributed by atoms with Crippen LogP contribution in [-0.2, 0) is 16.6 Å². The van der Waals surface area contributed by atoms with Crippen LogP contribution in [0.2, 0.25) is 0 Å². The van der Waals surface area contributed by atoms with Crippen molar-refractivity contribution in [2.45, 2.75) is 56.1 Å². The Morgan fingerprint density at radius 3 is 2.66 bits per heavy atom. The van der Waals surface area contributed by atoms with Crippen LogP contribution in [0.5, 0.6) is 5.75 Å². The highest BCUT2D eigenvalue weighted by molar-refractivity contribution is 7.89. The molecule has 0 aliphatic heterocycles. The lowest BCUT2D eigenvalue weighted by atomic mass is 9.85. The average Bonchev–Trinajstić information content (AvgIpc) is 3.29. The molecule has 0 saturated heterocycles. The number of nitrogens with one attached hydrogen (secondary N) is 2. The van der Waals surface area contributed by atoms with E-state index in [-0.39, 0.29) is 21.7 Å². The maximum atomic E-state index is 13.1. The maximum absolute atomic E-state index is 13.1. The fraction of sp³-hybridized carbons (Fsp3) is 0.320. The van der Waals surface area contributed by atoms with Gasteiger partial charge in [-0.25, -0.2) is 18.2 Å². The zero-order valence-corrected chi connectivity index (χ0v) is 20.9. The molecule has 0 amide bonds. The first-order valence-electron chi connectivity index (χ1n) is 11.5. The highest BCUT2D eigenvalue weighted by Crippen LogP contribution is 2.34. The van der Waals surface area contributed by atoms with Crippen molar-refractivity contribution in [1.82, 2.24) is 19.9 Å². The highest BCUT2D eigenvalue weighted by Gasteiger charge is 2.32. The maximum Gasteiger partial charge on any atom is 0.322 e. The van der Waals surface area contributed by atoms with Crippen molar-refractivity contribution in [2.24, 2.45) is 0 Å². The smallest absolute Gasteiger partial charge is 0.322 e. The first kappa shape index (κ1) is 23.7. The van der Waals surface area contributed by atoms with Gasteiger partial charge in [-0.1, -0.05) is 42.4 Å². The molecule has 1 saturated carbocycles. The minimum absolute atomic E-state index is 0.108. The summed E-state index contributed by atoms with van der Waals surface area (Å²) in [6.45, 7) is 2.30. The predicted molar refractivity (Wildman–Crippen MR) is 135 cm³/mol. The Morgan fingerprint density at radius 1 is 1.11 bits per heavy atom. The first-order chi connectivity index (χ1) is 16.9. The van der Waals surface area contributed by atoms with Crippen LogP contribution in [0.25, 0.3) is 10.9 Å². The molecule has 5 rings (SSSR count). The molecule has 8 nitrogen and oxygen atoms in total. The third kappa shape index (κ3) is 5.29. The lowest BCUT2D eigenvalue weighted by molar-refractivity contribution is 0.307. The van der Waals surface area contributed by atoms with Crippen LogP contribution >= 0.6 is 11.3 Å². The first-order valence-corrected chi connectivity index (χ1v) is 13.8. The van der Waals surface area contributed by atoms with E-state index in [4.69, 9.17) is 4.74 Å². The molecule has 2 atom stereocenters. The molecule has 1 fully saturated rings. The van der Waals surface area contributed by atoms with Crippen molar-refractivity contribution in [3.8, 4) is 5.75 Å². The molecule has 0 bridgehead atoms. The van der Waals surface area contributed by atoms with E-state index in [1.54, 1.807) is 24.3 Å². The molecule has 2 aromatic carbocycles. The number of ether oxygens (including phenoxy) is 1. The van der Waals surface area contributed by atoms with Gasteiger partial charge in [0.25, 0.3) is 0 Å². The largest absolute Gasteiger partial charge is 0.489 e. The number of aryl methyl sites for hydroxylation is 1. The van der Waals surface area contributed by atoms with E-state index >= 15 is 0 Å². The van der Waals surface area contributed by atoms with Gasteiger partial charge >= 0.3 is 4.87 Å². The number of H-pyrrole nitrogens is 1. The second-order valence-corrected chi connectivity index (χ2v) is 11.5. The van der Waals surface area contributed by atoms with Gasteiger partial charge in [-0.3, -0.25) is 9.78 Å². The van der Waals surface area contributed by atoms with Gasteiger partial charge < -0.3 is 4.74 Å². The van der Waals surface area contributed by atoms with Crippen LogP contribution in [0.4, 0.5) is 0 Å². The highest BCUT2D eigenvalue weighted by atomic mass is 32.2. The van der Waals surface area contributed by atoms with Gasteiger partial charge in [0.1, 0.15) is 17.4 Å². The van der Waals surface area contributed by atoms with Gasteiger partial charge in [-0.05, 0) is 56.2 Å². The van der Waals surface area contributed by atoms with E-state index in [1.807, 2.05) is 37.3 Å². The van der Waals surface area contributed by atoms with Crippen LogP contribution < -0.4 is 14.3 Å². The normalized spacial score (nSPS) is 18.5. The number of rotatable bonds is 7. The number of nitrogens with zero attached hydrogens (tertiary/aromatic N) is 2. The number of benzene rings is 2. The Labute approximate surface area is 207 Å². The minimum Gasteiger partial charge on any atom is -0.489 e. The van der Waals surface area contributed by atoms with Crippen LogP contribution in [0.15, 0.2) is 64.3 Å². The number of fused-ring (bicyclic) bond motifs is 1. The molecule has 2 heterocycles. The van der Waals surface area contributed by atoms with Crippen LogP contribution in [0, 0.1) is 6.92 Å². The molecule has 2 aromatic heterocycles. The number of pyridine rings is 1. The molecule has 2 N–H and O–H groups in total. The summed E-state index contributed by atoms with van der Waals surface area (Å²) in [6, 6.07) is 16.1. The molecule has 4 aromatic rings. The average molecular weight is 511 g/mol. The summed E-state index contributed by atoms with van der Waals surface area (Å²) in [7, 11) is -3.74. The van der Waals surface area contributed by atoms with Crippen molar-refractivity contribution in [2.75, 3.05) is 0 Å². The molecule has 1 aliphatic carbocycles. The SMILES string of the molecule is Cc1cc(COc2ccc(S(=O)(=O)NC3CCCCC3c3n[nH]c(=O)s3)cc2)c2ccccc2n1. The number of aromatic nitrogens is 3. The van der Waals surface area contributed by atoms with E-state index in [0.29, 0.717) is 23.8 Å². The molecule has 35 heavy (non-hydrogen) atoms. The summed E-state index contributed by atoms with van der Waals surface area (Å²) in [6.07, 6.45) is 3.41. The van der Waals surface area contributed by atoms with Crippen molar-refractivity contribution in [1.29, 1.82) is 0 Å². The Morgan fingerprint density at radius 2 is 1.89 bits per heavy atom. The summed E-state index contributed by atoms with van der Waals surface area (Å²) >= 11 is 1.05. The molecule has 182 valence electrons. The van der Waals surface area contributed by atoms with Crippen LogP contribution in [0.3, 0.4) is 0 Å². The van der Waals surface area contributed by atoms with Gasteiger partial charge in [-0.15, -0.1) is 0 Å². The standard InChI is InChI=1S/C25H26N4O4S2/c1-16-14-17(20-6-2-4-8-22(20)26-16)15-33-18-10-12-19(13-11-18)35(31,32)29-23-9-5-3-7-21(23)24-27-28-25(30)34-24/h2,4,6,8,10-14,21,23,29H,3,5,7,9,15H2,1H3,(H,28,30). The van der Waals surface area contributed by atoms with E-state index in [1.165, 1.54) is 0 Å². The summed E-state index contributed by atoms with van der Waals surface area (Å²) in [5, 5.41) is 8.23. The van der Waals surface area contributed by atoms with Crippen molar-refractivity contribution in [3.05, 3.63) is 80.5 Å². The summed E-state index contributed by atoms with van der Waals surface area (Å²) in [5.41, 5.74) is 2.86. The van der Waals surface area contributed by atoms with Crippen LogP contribution in [0.1, 0.15) is 47.9 Å². The van der Waals surface area contributed by atoms with Crippen molar-refractivity contribution >= 4 is 32.3 Å².